The fourth-order valence-electron chi connectivity index (χ4n) is 1.02. The van der Waals surface area contributed by atoms with Crippen molar-refractivity contribution >= 4 is 17.8 Å². The lowest BCUT2D eigenvalue weighted by Crippen LogP contribution is -2.36. The smallest absolute Gasteiger partial charge is 0.338 e. The number of imide groups is 1. The summed E-state index contributed by atoms with van der Waals surface area (Å²) in [4.78, 5) is 37.7. The highest BCUT2D eigenvalue weighted by atomic mass is 16.5. The molecule has 0 aliphatic heterocycles. The minimum atomic E-state index is -0.642. The van der Waals surface area contributed by atoms with E-state index in [-0.39, 0.29) is 5.92 Å². The standard InChI is InChI=1S/C12H14N2O4/c1-8(2)11(16)14-10(15)7-18-12(17)9-3-5-13-6-4-9/h3-6,8H,7H2,1-2H3,(H,14,15,16). The van der Waals surface area contributed by atoms with Crippen LogP contribution < -0.4 is 5.32 Å². The van der Waals surface area contributed by atoms with E-state index in [1.54, 1.807) is 13.8 Å². The van der Waals surface area contributed by atoms with Crippen LogP contribution in [0.3, 0.4) is 0 Å². The largest absolute Gasteiger partial charge is 0.452 e. The zero-order chi connectivity index (χ0) is 13.5. The van der Waals surface area contributed by atoms with Gasteiger partial charge in [-0.3, -0.25) is 19.9 Å². The van der Waals surface area contributed by atoms with Crippen molar-refractivity contribution < 1.29 is 19.1 Å². The molecule has 0 radical (unpaired) electrons. The third kappa shape index (κ3) is 4.32. The number of nitrogens with zero attached hydrogens (tertiary/aromatic N) is 1. The van der Waals surface area contributed by atoms with Crippen molar-refractivity contribution in [1.82, 2.24) is 10.3 Å². The molecule has 96 valence electrons. The summed E-state index contributed by atoms with van der Waals surface area (Å²) in [6, 6.07) is 2.94. The average molecular weight is 250 g/mol. The van der Waals surface area contributed by atoms with Crippen molar-refractivity contribution in [3.8, 4) is 0 Å². The summed E-state index contributed by atoms with van der Waals surface area (Å²) >= 11 is 0. The van der Waals surface area contributed by atoms with Gasteiger partial charge in [0.25, 0.3) is 5.91 Å². The molecule has 0 aliphatic rings. The minimum absolute atomic E-state index is 0.299. The average Bonchev–Trinajstić information content (AvgIpc) is 2.36. The van der Waals surface area contributed by atoms with Gasteiger partial charge in [0.2, 0.25) is 5.91 Å². The van der Waals surface area contributed by atoms with Crippen LogP contribution in [-0.2, 0) is 14.3 Å². The third-order valence-corrected chi connectivity index (χ3v) is 2.04. The summed E-state index contributed by atoms with van der Waals surface area (Å²) in [5.41, 5.74) is 0.299. The van der Waals surface area contributed by atoms with Gasteiger partial charge in [-0.2, -0.15) is 0 Å². The third-order valence-electron chi connectivity index (χ3n) is 2.04. The number of hydrogen-bond acceptors (Lipinski definition) is 5. The molecular weight excluding hydrogens is 236 g/mol. The van der Waals surface area contributed by atoms with Gasteiger partial charge in [0.1, 0.15) is 0 Å². The highest BCUT2D eigenvalue weighted by Crippen LogP contribution is 1.99. The van der Waals surface area contributed by atoms with E-state index in [0.29, 0.717) is 5.56 Å². The van der Waals surface area contributed by atoms with Crippen LogP contribution in [0.25, 0.3) is 0 Å². The monoisotopic (exact) mass is 250 g/mol. The second-order valence-electron chi connectivity index (χ2n) is 3.88. The first kappa shape index (κ1) is 13.8. The summed E-state index contributed by atoms with van der Waals surface area (Å²) in [6.45, 7) is 2.83. The van der Waals surface area contributed by atoms with E-state index in [4.69, 9.17) is 4.74 Å². The summed E-state index contributed by atoms with van der Waals surface area (Å²) in [7, 11) is 0. The lowest BCUT2D eigenvalue weighted by atomic mass is 10.2. The Morgan fingerprint density at radius 1 is 1.28 bits per heavy atom. The molecule has 1 rings (SSSR count). The molecule has 0 fully saturated rings. The van der Waals surface area contributed by atoms with E-state index < -0.39 is 24.4 Å². The number of carbonyl (C=O) groups is 3. The van der Waals surface area contributed by atoms with E-state index in [1.807, 2.05) is 0 Å². The van der Waals surface area contributed by atoms with Crippen LogP contribution in [0.15, 0.2) is 24.5 Å². The van der Waals surface area contributed by atoms with Gasteiger partial charge in [-0.15, -0.1) is 0 Å². The first-order chi connectivity index (χ1) is 8.50. The van der Waals surface area contributed by atoms with Crippen LogP contribution in [0.4, 0.5) is 0 Å². The number of esters is 1. The van der Waals surface area contributed by atoms with Crippen molar-refractivity contribution in [3.05, 3.63) is 30.1 Å². The zero-order valence-electron chi connectivity index (χ0n) is 10.2. The summed E-state index contributed by atoms with van der Waals surface area (Å²) in [6.07, 6.45) is 2.89. The van der Waals surface area contributed by atoms with Crippen LogP contribution in [0.2, 0.25) is 0 Å². The van der Waals surface area contributed by atoms with Gasteiger partial charge in [0, 0.05) is 18.3 Å². The van der Waals surface area contributed by atoms with Crippen LogP contribution >= 0.6 is 0 Å². The molecule has 1 N–H and O–H groups in total. The quantitative estimate of drug-likeness (QED) is 0.788. The number of pyridine rings is 1. The van der Waals surface area contributed by atoms with Gasteiger partial charge < -0.3 is 4.74 Å². The maximum absolute atomic E-state index is 11.5. The normalized spacial score (nSPS) is 9.94. The number of hydrogen-bond donors (Lipinski definition) is 1. The second-order valence-corrected chi connectivity index (χ2v) is 3.88. The maximum Gasteiger partial charge on any atom is 0.338 e. The summed E-state index contributed by atoms with van der Waals surface area (Å²) in [5.74, 6) is -1.98. The van der Waals surface area contributed by atoms with E-state index in [1.165, 1.54) is 24.5 Å². The molecule has 1 aromatic heterocycles. The van der Waals surface area contributed by atoms with Gasteiger partial charge >= 0.3 is 5.97 Å². The van der Waals surface area contributed by atoms with E-state index >= 15 is 0 Å². The van der Waals surface area contributed by atoms with Crippen molar-refractivity contribution in [3.63, 3.8) is 0 Å². The van der Waals surface area contributed by atoms with Gasteiger partial charge in [-0.1, -0.05) is 13.8 Å². The van der Waals surface area contributed by atoms with Crippen molar-refractivity contribution in [2.75, 3.05) is 6.61 Å². The lowest BCUT2D eigenvalue weighted by Gasteiger charge is -2.07. The predicted molar refractivity (Wildman–Crippen MR) is 62.5 cm³/mol. The summed E-state index contributed by atoms with van der Waals surface area (Å²) in [5, 5.41) is 2.12. The van der Waals surface area contributed by atoms with E-state index in [9.17, 15) is 14.4 Å². The Morgan fingerprint density at radius 3 is 2.44 bits per heavy atom. The van der Waals surface area contributed by atoms with Crippen molar-refractivity contribution in [2.45, 2.75) is 13.8 Å². The Bertz CT molecular complexity index is 443. The molecule has 18 heavy (non-hydrogen) atoms. The molecule has 6 nitrogen and oxygen atoms in total. The molecule has 6 heteroatoms. The van der Waals surface area contributed by atoms with E-state index in [2.05, 4.69) is 10.3 Å². The lowest BCUT2D eigenvalue weighted by molar-refractivity contribution is -0.133. The minimum Gasteiger partial charge on any atom is -0.452 e. The van der Waals surface area contributed by atoms with Crippen LogP contribution in [0.5, 0.6) is 0 Å². The SMILES string of the molecule is CC(C)C(=O)NC(=O)COC(=O)c1ccncc1. The van der Waals surface area contributed by atoms with E-state index in [0.717, 1.165) is 0 Å². The number of rotatable bonds is 4. The summed E-state index contributed by atoms with van der Waals surface area (Å²) < 4.78 is 4.74. The highest BCUT2D eigenvalue weighted by Gasteiger charge is 2.14. The first-order valence-electron chi connectivity index (χ1n) is 5.41. The molecule has 0 unspecified atom stereocenters. The van der Waals surface area contributed by atoms with Gasteiger partial charge in [0.05, 0.1) is 5.56 Å². The van der Waals surface area contributed by atoms with Crippen LogP contribution in [0.1, 0.15) is 24.2 Å². The number of nitrogens with one attached hydrogen (secondary N) is 1. The first-order valence-corrected chi connectivity index (χ1v) is 5.41. The number of amides is 2. The number of ether oxygens (including phenoxy) is 1. The topological polar surface area (TPSA) is 85.4 Å². The molecule has 0 bridgehead atoms. The van der Waals surface area contributed by atoms with Gasteiger partial charge in [-0.25, -0.2) is 4.79 Å². The predicted octanol–water partition coefficient (Wildman–Crippen LogP) is 0.537. The Morgan fingerprint density at radius 2 is 1.89 bits per heavy atom. The molecule has 0 atom stereocenters. The molecular formula is C12H14N2O4. The molecule has 0 spiro atoms. The molecule has 1 heterocycles. The number of carbonyl (C=O) groups excluding carboxylic acids is 3. The van der Waals surface area contributed by atoms with Crippen molar-refractivity contribution in [1.29, 1.82) is 0 Å². The van der Waals surface area contributed by atoms with Gasteiger partial charge in [0.15, 0.2) is 6.61 Å². The molecule has 0 saturated heterocycles. The fraction of sp³-hybridized carbons (Fsp3) is 0.333. The molecule has 0 saturated carbocycles. The highest BCUT2D eigenvalue weighted by molar-refractivity contribution is 5.98. The molecule has 2 amide bonds. The molecule has 1 aromatic rings. The van der Waals surface area contributed by atoms with Gasteiger partial charge in [-0.05, 0) is 12.1 Å². The Hall–Kier alpha value is -2.24. The molecule has 0 aromatic carbocycles. The Kier molecular flexibility index (Phi) is 4.98. The number of aromatic nitrogens is 1. The van der Waals surface area contributed by atoms with Crippen LogP contribution in [0, 0.1) is 5.92 Å². The Labute approximate surface area is 104 Å². The second kappa shape index (κ2) is 6.48. The molecule has 0 aliphatic carbocycles. The van der Waals surface area contributed by atoms with Crippen LogP contribution in [-0.4, -0.2) is 29.4 Å². The van der Waals surface area contributed by atoms with Crippen molar-refractivity contribution in [2.24, 2.45) is 5.92 Å². The zero-order valence-corrected chi connectivity index (χ0v) is 10.2. The fourth-order valence-corrected chi connectivity index (χ4v) is 1.02. The maximum atomic E-state index is 11.5. The Balaban J connectivity index is 2.40.